The van der Waals surface area contributed by atoms with Gasteiger partial charge in [-0.25, -0.2) is 14.5 Å². The van der Waals surface area contributed by atoms with Gasteiger partial charge < -0.3 is 10.0 Å². The molecule has 1 saturated heterocycles. The molecule has 146 valence electrons. The summed E-state index contributed by atoms with van der Waals surface area (Å²) in [5.41, 5.74) is 1.82. The Morgan fingerprint density at radius 2 is 2.14 bits per heavy atom. The molecular formula is C20H22N4O3S. The summed E-state index contributed by atoms with van der Waals surface area (Å²) in [7, 11) is 0. The molecule has 8 heteroatoms. The van der Waals surface area contributed by atoms with E-state index in [0.29, 0.717) is 35.3 Å². The molecule has 1 N–H and O–H groups in total. The maximum Gasteiger partial charge on any atom is 0.326 e. The number of carbonyl (C=O) groups is 2. The molecule has 3 aromatic rings. The number of carboxylic acid groups (broad SMARTS) is 1. The number of carboxylic acids is 1. The molecule has 28 heavy (non-hydrogen) atoms. The molecule has 1 aliphatic heterocycles. The molecular weight excluding hydrogens is 376 g/mol. The van der Waals surface area contributed by atoms with Crippen LogP contribution in [0.3, 0.4) is 0 Å². The Morgan fingerprint density at radius 1 is 1.32 bits per heavy atom. The van der Waals surface area contributed by atoms with Crippen LogP contribution in [0, 0.1) is 0 Å². The van der Waals surface area contributed by atoms with Crippen LogP contribution in [-0.4, -0.2) is 49.2 Å². The van der Waals surface area contributed by atoms with Crippen molar-refractivity contribution < 1.29 is 14.7 Å². The van der Waals surface area contributed by atoms with E-state index >= 15 is 0 Å². The fourth-order valence-electron chi connectivity index (χ4n) is 3.71. The third kappa shape index (κ3) is 3.17. The minimum Gasteiger partial charge on any atom is -0.480 e. The molecule has 0 unspecified atom stereocenters. The summed E-state index contributed by atoms with van der Waals surface area (Å²) in [6.45, 7) is 4.48. The van der Waals surface area contributed by atoms with Crippen molar-refractivity contribution in [2.45, 2.75) is 45.2 Å². The van der Waals surface area contributed by atoms with Crippen LogP contribution in [0.2, 0.25) is 0 Å². The second kappa shape index (κ2) is 7.35. The number of fused-ring (bicyclic) bond motifs is 1. The zero-order chi connectivity index (χ0) is 19.8. The summed E-state index contributed by atoms with van der Waals surface area (Å²) in [6, 6.07) is 4.99. The van der Waals surface area contributed by atoms with Crippen LogP contribution in [0.25, 0.3) is 21.6 Å². The molecule has 3 aromatic heterocycles. The molecule has 0 radical (unpaired) electrons. The number of aromatic nitrogens is 3. The Hall–Kier alpha value is -2.74. The van der Waals surface area contributed by atoms with Gasteiger partial charge in [-0.3, -0.25) is 4.79 Å². The van der Waals surface area contributed by atoms with E-state index in [4.69, 9.17) is 4.98 Å². The average Bonchev–Trinajstić information content (AvgIpc) is 3.36. The summed E-state index contributed by atoms with van der Waals surface area (Å²) in [5.74, 6) is -1.21. The van der Waals surface area contributed by atoms with E-state index in [9.17, 15) is 14.7 Å². The van der Waals surface area contributed by atoms with E-state index in [-0.39, 0.29) is 11.9 Å². The largest absolute Gasteiger partial charge is 0.480 e. The number of piperidine rings is 1. The van der Waals surface area contributed by atoms with Gasteiger partial charge in [0, 0.05) is 12.6 Å². The van der Waals surface area contributed by atoms with Gasteiger partial charge in [-0.1, -0.05) is 6.07 Å². The number of hydrogen-bond acceptors (Lipinski definition) is 5. The van der Waals surface area contributed by atoms with Crippen molar-refractivity contribution in [2.75, 3.05) is 6.54 Å². The van der Waals surface area contributed by atoms with Gasteiger partial charge in [0.05, 0.1) is 27.7 Å². The number of carbonyl (C=O) groups excluding carboxylic acids is 1. The maximum atomic E-state index is 13.4. The number of nitrogens with zero attached hydrogens (tertiary/aromatic N) is 4. The van der Waals surface area contributed by atoms with E-state index in [0.717, 1.165) is 17.7 Å². The second-order valence-electron chi connectivity index (χ2n) is 7.30. The molecule has 1 fully saturated rings. The SMILES string of the molecule is CC(C)n1ncc2c(C(=O)N3CCCC[C@@H]3C(=O)O)cc(-c3cccs3)nc21. The first-order chi connectivity index (χ1) is 13.5. The quantitative estimate of drug-likeness (QED) is 0.722. The Kier molecular flexibility index (Phi) is 4.89. The second-order valence-corrected chi connectivity index (χ2v) is 8.25. The maximum absolute atomic E-state index is 13.4. The van der Waals surface area contributed by atoms with E-state index in [1.54, 1.807) is 28.3 Å². The summed E-state index contributed by atoms with van der Waals surface area (Å²) < 4.78 is 1.80. The zero-order valence-corrected chi connectivity index (χ0v) is 16.6. The van der Waals surface area contributed by atoms with E-state index in [1.165, 1.54) is 4.90 Å². The van der Waals surface area contributed by atoms with Crippen molar-refractivity contribution in [3.63, 3.8) is 0 Å². The molecule has 4 heterocycles. The normalized spacial score (nSPS) is 17.4. The first-order valence-electron chi connectivity index (χ1n) is 9.43. The van der Waals surface area contributed by atoms with Crippen LogP contribution in [0.5, 0.6) is 0 Å². The predicted octanol–water partition coefficient (Wildman–Crippen LogP) is 3.82. The van der Waals surface area contributed by atoms with Crippen molar-refractivity contribution in [3.8, 4) is 10.6 Å². The van der Waals surface area contributed by atoms with Gasteiger partial charge in [0.1, 0.15) is 6.04 Å². The highest BCUT2D eigenvalue weighted by Crippen LogP contribution is 2.30. The van der Waals surface area contributed by atoms with Crippen molar-refractivity contribution in [1.29, 1.82) is 0 Å². The van der Waals surface area contributed by atoms with Crippen molar-refractivity contribution in [1.82, 2.24) is 19.7 Å². The molecule has 4 rings (SSSR count). The molecule has 1 amide bonds. The van der Waals surface area contributed by atoms with Gasteiger partial charge >= 0.3 is 5.97 Å². The summed E-state index contributed by atoms with van der Waals surface area (Å²) in [5, 5.41) is 16.6. The number of hydrogen-bond donors (Lipinski definition) is 1. The number of rotatable bonds is 4. The van der Waals surface area contributed by atoms with Crippen LogP contribution in [-0.2, 0) is 4.79 Å². The predicted molar refractivity (Wildman–Crippen MR) is 108 cm³/mol. The topological polar surface area (TPSA) is 88.3 Å². The van der Waals surface area contributed by atoms with Crippen molar-refractivity contribution >= 4 is 34.2 Å². The van der Waals surface area contributed by atoms with E-state index in [1.807, 2.05) is 31.4 Å². The number of thiophene rings is 1. The van der Waals surface area contributed by atoms with E-state index in [2.05, 4.69) is 5.10 Å². The van der Waals surface area contributed by atoms with Crippen LogP contribution in [0.4, 0.5) is 0 Å². The molecule has 1 atom stereocenters. The average molecular weight is 398 g/mol. The number of aliphatic carboxylic acids is 1. The number of likely N-dealkylation sites (tertiary alicyclic amines) is 1. The number of pyridine rings is 1. The zero-order valence-electron chi connectivity index (χ0n) is 15.8. The minimum atomic E-state index is -0.949. The Bertz CT molecular complexity index is 1030. The van der Waals surface area contributed by atoms with Crippen LogP contribution < -0.4 is 0 Å². The van der Waals surface area contributed by atoms with Crippen molar-refractivity contribution in [2.24, 2.45) is 0 Å². The van der Waals surface area contributed by atoms with E-state index < -0.39 is 12.0 Å². The summed E-state index contributed by atoms with van der Waals surface area (Å²) in [4.78, 5) is 32.3. The van der Waals surface area contributed by atoms with Crippen LogP contribution in [0.1, 0.15) is 49.5 Å². The standard InChI is InChI=1S/C20H22N4O3S/c1-12(2)24-18-14(11-21-24)13(10-15(22-18)17-7-5-9-28-17)19(25)23-8-4-3-6-16(23)20(26)27/h5,7,9-12,16H,3-4,6,8H2,1-2H3,(H,26,27)/t16-/m1/s1. The molecule has 0 spiro atoms. The lowest BCUT2D eigenvalue weighted by molar-refractivity contribution is -0.143. The van der Waals surface area contributed by atoms with Gasteiger partial charge in [-0.05, 0) is 50.6 Å². The van der Waals surface area contributed by atoms with Gasteiger partial charge in [-0.15, -0.1) is 11.3 Å². The summed E-state index contributed by atoms with van der Waals surface area (Å²) >= 11 is 1.55. The first kappa shape index (κ1) is 18.6. The van der Waals surface area contributed by atoms with Crippen LogP contribution >= 0.6 is 11.3 Å². The third-order valence-electron chi connectivity index (χ3n) is 5.11. The third-order valence-corrected chi connectivity index (χ3v) is 6.00. The summed E-state index contributed by atoms with van der Waals surface area (Å²) in [6.07, 6.45) is 3.77. The minimum absolute atomic E-state index is 0.0910. The highest BCUT2D eigenvalue weighted by Gasteiger charge is 2.34. The molecule has 0 saturated carbocycles. The molecule has 0 aliphatic carbocycles. The number of amides is 1. The van der Waals surface area contributed by atoms with Crippen LogP contribution in [0.15, 0.2) is 29.8 Å². The Balaban J connectivity index is 1.87. The van der Waals surface area contributed by atoms with Gasteiger partial charge in [0.15, 0.2) is 5.65 Å². The highest BCUT2D eigenvalue weighted by atomic mass is 32.1. The molecule has 0 aromatic carbocycles. The molecule has 1 aliphatic rings. The Morgan fingerprint density at radius 3 is 2.82 bits per heavy atom. The van der Waals surface area contributed by atoms with Gasteiger partial charge in [0.25, 0.3) is 5.91 Å². The fraction of sp³-hybridized carbons (Fsp3) is 0.400. The molecule has 0 bridgehead atoms. The fourth-order valence-corrected chi connectivity index (χ4v) is 4.40. The molecule has 7 nitrogen and oxygen atoms in total. The lowest BCUT2D eigenvalue weighted by Gasteiger charge is -2.33. The van der Waals surface area contributed by atoms with Gasteiger partial charge in [0.2, 0.25) is 0 Å². The van der Waals surface area contributed by atoms with Gasteiger partial charge in [-0.2, -0.15) is 5.10 Å². The smallest absolute Gasteiger partial charge is 0.326 e. The Labute approximate surface area is 166 Å². The lowest BCUT2D eigenvalue weighted by Crippen LogP contribution is -2.48. The monoisotopic (exact) mass is 398 g/mol. The highest BCUT2D eigenvalue weighted by molar-refractivity contribution is 7.13. The first-order valence-corrected chi connectivity index (χ1v) is 10.3. The van der Waals surface area contributed by atoms with Crippen molar-refractivity contribution in [3.05, 3.63) is 35.3 Å². The lowest BCUT2D eigenvalue weighted by atomic mass is 10.00.